The fourth-order valence-electron chi connectivity index (χ4n) is 3.72. The van der Waals surface area contributed by atoms with E-state index in [1.165, 1.54) is 36.5 Å². The number of pyridine rings is 1. The second-order valence-corrected chi connectivity index (χ2v) is 13.4. The number of carbonyl (C=O) groups is 2. The molecule has 9 nitrogen and oxygen atoms in total. The van der Waals surface area contributed by atoms with Crippen molar-refractivity contribution < 1.29 is 22.2 Å². The highest BCUT2D eigenvalue weighted by Gasteiger charge is 2.19. The molecular weight excluding hydrogens is 595 g/mol. The van der Waals surface area contributed by atoms with Gasteiger partial charge in [0.25, 0.3) is 11.8 Å². The van der Waals surface area contributed by atoms with Gasteiger partial charge < -0.3 is 10.6 Å². The van der Waals surface area contributed by atoms with Crippen LogP contribution in [0.1, 0.15) is 20.7 Å². The van der Waals surface area contributed by atoms with Crippen LogP contribution in [0.15, 0.2) is 90.0 Å². The Labute approximate surface area is 241 Å². The highest BCUT2D eigenvalue weighted by molar-refractivity contribution is 8.09. The van der Waals surface area contributed by atoms with Gasteiger partial charge in [-0.05, 0) is 65.5 Å². The monoisotopic (exact) mass is 616 g/mol. The molecule has 0 bridgehead atoms. The summed E-state index contributed by atoms with van der Waals surface area (Å²) in [6, 6.07) is 20.5. The van der Waals surface area contributed by atoms with Crippen LogP contribution in [0.3, 0.4) is 0 Å². The van der Waals surface area contributed by atoms with E-state index in [0.29, 0.717) is 21.2 Å². The van der Waals surface area contributed by atoms with Crippen molar-refractivity contribution in [3.05, 3.63) is 106 Å². The van der Waals surface area contributed by atoms with Crippen LogP contribution in [-0.2, 0) is 19.7 Å². The molecule has 0 fully saturated rings. The van der Waals surface area contributed by atoms with E-state index in [1.54, 1.807) is 48.5 Å². The average Bonchev–Trinajstić information content (AvgIpc) is 2.89. The fourth-order valence-corrected chi connectivity index (χ4v) is 7.16. The lowest BCUT2D eigenvalue weighted by Gasteiger charge is -2.15. The van der Waals surface area contributed by atoms with Crippen LogP contribution in [0.2, 0.25) is 10.0 Å². The van der Waals surface area contributed by atoms with Gasteiger partial charge in [-0.25, -0.2) is 17.6 Å². The van der Waals surface area contributed by atoms with Crippen LogP contribution in [-0.4, -0.2) is 41.6 Å². The van der Waals surface area contributed by atoms with Crippen LogP contribution in [0.25, 0.3) is 11.1 Å². The van der Waals surface area contributed by atoms with E-state index < -0.39 is 31.5 Å². The molecule has 4 rings (SSSR count). The number of nitrogens with zero attached hydrogens (tertiary/aromatic N) is 1. The number of rotatable bonds is 8. The van der Waals surface area contributed by atoms with Gasteiger partial charge in [0.2, 0.25) is 10.0 Å². The minimum atomic E-state index is -3.80. The molecule has 3 N–H and O–H groups in total. The predicted molar refractivity (Wildman–Crippen MR) is 160 cm³/mol. The van der Waals surface area contributed by atoms with Crippen LogP contribution in [0.5, 0.6) is 0 Å². The first-order valence-electron chi connectivity index (χ1n) is 11.4. The lowest BCUT2D eigenvalue weighted by Crippen LogP contribution is -2.29. The second kappa shape index (κ2) is 11.8. The SMILES string of the molecule is C=S(=O)(NS(C)(=O)=O)c1ccccc1-c1ccc(C(=O)Nc2ccc(Cl)cc2C(=O)Nc2ccc(Cl)cn2)cc1. The van der Waals surface area contributed by atoms with Crippen LogP contribution < -0.4 is 14.8 Å². The number of sulfonamides is 1. The average molecular weight is 618 g/mol. The molecule has 1 atom stereocenters. The van der Waals surface area contributed by atoms with Crippen molar-refractivity contribution >= 4 is 72.1 Å². The first-order valence-corrected chi connectivity index (χ1v) is 15.8. The van der Waals surface area contributed by atoms with Gasteiger partial charge in [-0.1, -0.05) is 53.5 Å². The normalized spacial score (nSPS) is 12.8. The van der Waals surface area contributed by atoms with Gasteiger partial charge in [0.1, 0.15) is 5.82 Å². The van der Waals surface area contributed by atoms with Gasteiger partial charge in [-0.15, -0.1) is 4.13 Å². The summed E-state index contributed by atoms with van der Waals surface area (Å²) in [6.07, 6.45) is 2.29. The molecule has 40 heavy (non-hydrogen) atoms. The van der Waals surface area contributed by atoms with Crippen molar-refractivity contribution in [1.82, 2.24) is 9.11 Å². The lowest BCUT2D eigenvalue weighted by atomic mass is 10.0. The Morgan fingerprint density at radius 2 is 1.50 bits per heavy atom. The molecule has 2 amide bonds. The maximum Gasteiger partial charge on any atom is 0.258 e. The Hall–Kier alpha value is -3.74. The summed E-state index contributed by atoms with van der Waals surface area (Å²) in [5.74, 6) is 2.81. The zero-order chi connectivity index (χ0) is 29.1. The van der Waals surface area contributed by atoms with Crippen molar-refractivity contribution in [2.45, 2.75) is 4.90 Å². The maximum atomic E-state index is 13.1. The topological polar surface area (TPSA) is 134 Å². The minimum absolute atomic E-state index is 0.117. The fraction of sp³-hybridized carbons (Fsp3) is 0.0370. The first-order chi connectivity index (χ1) is 18.8. The molecule has 0 aliphatic carbocycles. The second-order valence-electron chi connectivity index (χ2n) is 8.56. The third-order valence-corrected chi connectivity index (χ3v) is 9.24. The number of nitrogens with one attached hydrogen (secondary N) is 3. The number of anilines is 2. The van der Waals surface area contributed by atoms with Crippen LogP contribution in [0.4, 0.5) is 11.5 Å². The summed E-state index contributed by atoms with van der Waals surface area (Å²) in [4.78, 5) is 30.2. The quantitative estimate of drug-likeness (QED) is 0.236. The minimum Gasteiger partial charge on any atom is -0.321 e. The van der Waals surface area contributed by atoms with Crippen molar-refractivity contribution in [1.29, 1.82) is 0 Å². The maximum absolute atomic E-state index is 13.1. The number of carbonyl (C=O) groups excluding carboxylic acids is 2. The molecule has 3 aromatic carbocycles. The highest BCUT2D eigenvalue weighted by atomic mass is 35.5. The summed E-state index contributed by atoms with van der Waals surface area (Å²) in [7, 11) is -7.18. The first kappa shape index (κ1) is 29.2. The van der Waals surface area contributed by atoms with Gasteiger partial charge >= 0.3 is 0 Å². The molecule has 206 valence electrons. The molecule has 1 heterocycles. The van der Waals surface area contributed by atoms with Gasteiger partial charge in [-0.3, -0.25) is 9.59 Å². The standard InChI is InChI=1S/C27H22Cl2N4O5S2/c1-39(36,33-40(2,37)38)24-6-4-3-5-21(24)17-7-9-18(10-8-17)26(34)31-23-13-11-19(28)15-22(23)27(35)32-25-14-12-20(29)16-30-25/h3-16H,1H2,2H3,(H,31,34)(H,33,36)(H,30,32,35). The summed E-state index contributed by atoms with van der Waals surface area (Å²) in [6.45, 7) is 0. The van der Waals surface area contributed by atoms with Crippen LogP contribution >= 0.6 is 23.2 Å². The third-order valence-electron chi connectivity index (χ3n) is 5.43. The zero-order valence-electron chi connectivity index (χ0n) is 20.9. The molecule has 1 unspecified atom stereocenters. The van der Waals surface area contributed by atoms with E-state index in [-0.39, 0.29) is 27.5 Å². The summed E-state index contributed by atoms with van der Waals surface area (Å²) < 4.78 is 38.6. The van der Waals surface area contributed by atoms with Gasteiger partial charge in [0.15, 0.2) is 0 Å². The van der Waals surface area contributed by atoms with Crippen molar-refractivity contribution in [3.63, 3.8) is 0 Å². The molecule has 0 saturated heterocycles. The van der Waals surface area contributed by atoms with Crippen LogP contribution in [0, 0.1) is 0 Å². The summed E-state index contributed by atoms with van der Waals surface area (Å²) >= 11 is 11.9. The molecule has 0 aliphatic heterocycles. The van der Waals surface area contributed by atoms with E-state index in [9.17, 15) is 22.2 Å². The molecule has 4 aromatic rings. The van der Waals surface area contributed by atoms with E-state index in [2.05, 4.69) is 25.6 Å². The Kier molecular flexibility index (Phi) is 8.62. The van der Waals surface area contributed by atoms with Crippen molar-refractivity contribution in [3.8, 4) is 11.1 Å². The molecule has 1 aromatic heterocycles. The van der Waals surface area contributed by atoms with Gasteiger partial charge in [0, 0.05) is 16.8 Å². The Bertz CT molecular complexity index is 1810. The third kappa shape index (κ3) is 7.26. The number of amides is 2. The molecule has 0 aliphatic rings. The molecule has 13 heteroatoms. The van der Waals surface area contributed by atoms with E-state index in [1.807, 2.05) is 0 Å². The number of benzene rings is 3. The van der Waals surface area contributed by atoms with E-state index in [4.69, 9.17) is 23.2 Å². The lowest BCUT2D eigenvalue weighted by molar-refractivity contribution is 0.102. The largest absolute Gasteiger partial charge is 0.321 e. The summed E-state index contributed by atoms with van der Waals surface area (Å²) in [5, 5.41) is 6.06. The van der Waals surface area contributed by atoms with Crippen molar-refractivity contribution in [2.24, 2.45) is 0 Å². The smallest absolute Gasteiger partial charge is 0.258 e. The van der Waals surface area contributed by atoms with E-state index >= 15 is 0 Å². The Balaban J connectivity index is 1.57. The molecule has 0 radical (unpaired) electrons. The molecule has 0 spiro atoms. The van der Waals surface area contributed by atoms with Gasteiger partial charge in [-0.2, -0.15) is 0 Å². The predicted octanol–water partition coefficient (Wildman–Crippen LogP) is 5.10. The number of hydrogen-bond acceptors (Lipinski definition) is 6. The number of hydrogen-bond donors (Lipinski definition) is 3. The highest BCUT2D eigenvalue weighted by Crippen LogP contribution is 2.28. The summed E-state index contributed by atoms with van der Waals surface area (Å²) in [5.41, 5.74) is 1.68. The molecule has 0 saturated carbocycles. The van der Waals surface area contributed by atoms with Gasteiger partial charge in [0.05, 0.1) is 37.1 Å². The Morgan fingerprint density at radius 1 is 0.825 bits per heavy atom. The Morgan fingerprint density at radius 3 is 2.15 bits per heavy atom. The van der Waals surface area contributed by atoms with Crippen molar-refractivity contribution in [2.75, 3.05) is 16.9 Å². The number of aromatic nitrogens is 1. The zero-order valence-corrected chi connectivity index (χ0v) is 24.0. The number of halogens is 2. The van der Waals surface area contributed by atoms with E-state index in [0.717, 1.165) is 6.26 Å². The molecular formula is C27H22Cl2N4O5S2.